The van der Waals surface area contributed by atoms with E-state index in [2.05, 4.69) is 107 Å². The Morgan fingerprint density at radius 1 is 1.02 bits per heavy atom. The molecule has 5 atom stereocenters. The lowest BCUT2D eigenvalue weighted by Crippen LogP contribution is -2.53. The highest BCUT2D eigenvalue weighted by Crippen LogP contribution is 2.64. The van der Waals surface area contributed by atoms with Crippen LogP contribution in [0.4, 0.5) is 5.69 Å². The van der Waals surface area contributed by atoms with Gasteiger partial charge in [-0.2, -0.15) is 0 Å². The van der Waals surface area contributed by atoms with E-state index in [9.17, 15) is 9.90 Å². The number of ether oxygens (including phenoxy) is 1. The monoisotopic (exact) mass is 549 g/mol. The highest BCUT2D eigenvalue weighted by Gasteiger charge is 2.63. The Kier molecular flexibility index (Phi) is 6.83. The van der Waals surface area contributed by atoms with Gasteiger partial charge in [0.25, 0.3) is 0 Å². The van der Waals surface area contributed by atoms with Crippen LogP contribution >= 0.6 is 0 Å². The van der Waals surface area contributed by atoms with Crippen molar-refractivity contribution >= 4 is 11.5 Å². The topological polar surface area (TPSA) is 49.8 Å². The molecule has 0 aromatic heterocycles. The number of hydrogen-bond donors (Lipinski definition) is 1. The molecule has 41 heavy (non-hydrogen) atoms. The Morgan fingerprint density at radius 3 is 2.39 bits per heavy atom. The van der Waals surface area contributed by atoms with Crippen LogP contribution in [-0.2, 0) is 14.9 Å². The third-order valence-electron chi connectivity index (χ3n) is 10.3. The third-order valence-corrected chi connectivity index (χ3v) is 10.3. The number of carbonyl (C=O) groups excluding carboxylic acids is 1. The van der Waals surface area contributed by atoms with E-state index in [0.29, 0.717) is 19.4 Å². The van der Waals surface area contributed by atoms with E-state index in [0.717, 1.165) is 36.1 Å². The minimum Gasteiger partial charge on any atom is -0.378 e. The molecule has 0 unspecified atom stereocenters. The lowest BCUT2D eigenvalue weighted by atomic mass is 9.55. The number of benzene rings is 2. The van der Waals surface area contributed by atoms with Gasteiger partial charge in [0.1, 0.15) is 5.60 Å². The number of fused-ring (bicyclic) bond motifs is 4. The molecule has 0 radical (unpaired) electrons. The summed E-state index contributed by atoms with van der Waals surface area (Å²) in [7, 11) is 4.11. The van der Waals surface area contributed by atoms with E-state index in [1.807, 2.05) is 6.08 Å². The zero-order valence-electron chi connectivity index (χ0n) is 25.4. The largest absolute Gasteiger partial charge is 0.378 e. The molecule has 0 bridgehead atoms. The fourth-order valence-electron chi connectivity index (χ4n) is 7.75. The second-order valence-electron chi connectivity index (χ2n) is 14.0. The van der Waals surface area contributed by atoms with Gasteiger partial charge in [0.2, 0.25) is 0 Å². The first kappa shape index (κ1) is 28.0. The van der Waals surface area contributed by atoms with Gasteiger partial charge in [-0.05, 0) is 95.2 Å². The van der Waals surface area contributed by atoms with E-state index < -0.39 is 11.0 Å². The van der Waals surface area contributed by atoms with Crippen LogP contribution in [-0.4, -0.2) is 43.3 Å². The summed E-state index contributed by atoms with van der Waals surface area (Å²) in [6.07, 6.45) is 5.38. The summed E-state index contributed by atoms with van der Waals surface area (Å²) in [5.41, 5.74) is 6.87. The molecule has 4 aliphatic rings. The van der Waals surface area contributed by atoms with E-state index in [-0.39, 0.29) is 29.1 Å². The number of hydrogen-bond acceptors (Lipinski definition) is 4. The second-order valence-corrected chi connectivity index (χ2v) is 14.0. The molecule has 2 aromatic carbocycles. The van der Waals surface area contributed by atoms with Crippen molar-refractivity contribution in [2.24, 2.45) is 11.3 Å². The molecule has 6 rings (SSSR count). The van der Waals surface area contributed by atoms with Gasteiger partial charge in [0.15, 0.2) is 5.78 Å². The molecule has 4 heteroatoms. The van der Waals surface area contributed by atoms with Crippen molar-refractivity contribution in [1.29, 1.82) is 0 Å². The molecular weight excluding hydrogens is 506 g/mol. The maximum absolute atomic E-state index is 12.3. The molecule has 2 fully saturated rings. The molecule has 4 nitrogen and oxygen atoms in total. The first-order valence-electron chi connectivity index (χ1n) is 15.1. The highest BCUT2D eigenvalue weighted by molar-refractivity contribution is 5.93. The Morgan fingerprint density at radius 2 is 1.73 bits per heavy atom. The van der Waals surface area contributed by atoms with Gasteiger partial charge in [0, 0.05) is 43.1 Å². The average Bonchev–Trinajstić information content (AvgIpc) is 3.21. The van der Waals surface area contributed by atoms with E-state index in [1.165, 1.54) is 22.3 Å². The first-order valence-corrected chi connectivity index (χ1v) is 15.1. The lowest BCUT2D eigenvalue weighted by molar-refractivity contribution is -0.115. The summed E-state index contributed by atoms with van der Waals surface area (Å²) in [6.45, 7) is 9.35. The molecule has 2 saturated carbocycles. The molecule has 0 amide bonds. The molecule has 1 aliphatic heterocycles. The first-order chi connectivity index (χ1) is 19.4. The van der Waals surface area contributed by atoms with Crippen LogP contribution in [0.15, 0.2) is 71.3 Å². The molecule has 0 saturated heterocycles. The number of carbonyl (C=O) groups is 1. The van der Waals surface area contributed by atoms with Crippen LogP contribution in [0.5, 0.6) is 0 Å². The fourth-order valence-corrected chi connectivity index (χ4v) is 7.75. The normalized spacial score (nSPS) is 31.0. The van der Waals surface area contributed by atoms with E-state index in [1.54, 1.807) is 0 Å². The van der Waals surface area contributed by atoms with Crippen molar-refractivity contribution in [3.05, 3.63) is 88.0 Å². The standard InChI is InChI=1S/C37H43NO3/c1-35(2,3)27-11-7-24(8-12-27)17-19-37(40)20-18-32-34-33(30-16-15-29(39)21-26(30)23-41-34)31(22-36(32,37)4)25-9-13-28(14-10-25)38(5)6/h7-14,21,31-32,34,40H,15-16,18,20,22-23H2,1-6H3/t31-,32+,34+,36+,37+/m1/s1. The molecule has 3 aliphatic carbocycles. The summed E-state index contributed by atoms with van der Waals surface area (Å²) >= 11 is 0. The smallest absolute Gasteiger partial charge is 0.156 e. The summed E-state index contributed by atoms with van der Waals surface area (Å²) < 4.78 is 6.65. The molecule has 1 heterocycles. The minimum atomic E-state index is -1.11. The summed E-state index contributed by atoms with van der Waals surface area (Å²) in [5, 5.41) is 12.3. The van der Waals surface area contributed by atoms with Gasteiger partial charge in [-0.3, -0.25) is 4.79 Å². The van der Waals surface area contributed by atoms with Crippen molar-refractivity contribution in [3.63, 3.8) is 0 Å². The Hall–Kier alpha value is -3.13. The number of anilines is 1. The van der Waals surface area contributed by atoms with Crippen LogP contribution in [0.1, 0.15) is 82.4 Å². The second kappa shape index (κ2) is 10.0. The van der Waals surface area contributed by atoms with Crippen LogP contribution in [0, 0.1) is 23.2 Å². The third kappa shape index (κ3) is 4.78. The molecule has 2 aromatic rings. The Labute approximate surface area is 245 Å². The van der Waals surface area contributed by atoms with Crippen LogP contribution in [0.2, 0.25) is 0 Å². The number of ketones is 1. The average molecular weight is 550 g/mol. The van der Waals surface area contributed by atoms with Crippen LogP contribution in [0.3, 0.4) is 0 Å². The quantitative estimate of drug-likeness (QED) is 0.423. The van der Waals surface area contributed by atoms with Crippen molar-refractivity contribution in [3.8, 4) is 11.8 Å². The minimum absolute atomic E-state index is 0.0745. The van der Waals surface area contributed by atoms with Crippen LogP contribution in [0.25, 0.3) is 0 Å². The molecule has 214 valence electrons. The van der Waals surface area contributed by atoms with Crippen molar-refractivity contribution in [1.82, 2.24) is 0 Å². The van der Waals surface area contributed by atoms with Crippen molar-refractivity contribution in [2.45, 2.75) is 82.8 Å². The number of allylic oxidation sites excluding steroid dienone is 1. The maximum atomic E-state index is 12.3. The zero-order chi connectivity index (χ0) is 29.2. The molecule has 1 N–H and O–H groups in total. The van der Waals surface area contributed by atoms with E-state index >= 15 is 0 Å². The Balaban J connectivity index is 1.41. The van der Waals surface area contributed by atoms with Gasteiger partial charge < -0.3 is 14.7 Å². The van der Waals surface area contributed by atoms with Gasteiger partial charge in [-0.25, -0.2) is 0 Å². The predicted octanol–water partition coefficient (Wildman–Crippen LogP) is 6.72. The van der Waals surface area contributed by atoms with Gasteiger partial charge in [0.05, 0.1) is 12.7 Å². The fraction of sp³-hybridized carbons (Fsp3) is 0.486. The van der Waals surface area contributed by atoms with Crippen molar-refractivity contribution < 1.29 is 14.6 Å². The number of nitrogens with zero attached hydrogens (tertiary/aromatic N) is 1. The zero-order valence-corrected chi connectivity index (χ0v) is 25.4. The predicted molar refractivity (Wildman–Crippen MR) is 165 cm³/mol. The Bertz CT molecular complexity index is 1480. The van der Waals surface area contributed by atoms with Crippen LogP contribution < -0.4 is 4.90 Å². The van der Waals surface area contributed by atoms with E-state index in [4.69, 9.17) is 4.74 Å². The highest BCUT2D eigenvalue weighted by atomic mass is 16.5. The summed E-state index contributed by atoms with van der Waals surface area (Å²) in [6, 6.07) is 17.3. The number of rotatable bonds is 2. The summed E-state index contributed by atoms with van der Waals surface area (Å²) in [4.78, 5) is 14.4. The SMILES string of the molecule is CN(C)c1ccc([C@H]2C[C@@]3(C)[C@@H](CC[C@@]3(O)C#Cc3ccc(C(C)(C)C)cc3)[C@@H]3OCC4=CC(=O)CCC4=C32)cc1. The van der Waals surface area contributed by atoms with Crippen molar-refractivity contribution in [2.75, 3.05) is 25.6 Å². The van der Waals surface area contributed by atoms with Gasteiger partial charge >= 0.3 is 0 Å². The number of aliphatic hydroxyl groups is 1. The van der Waals surface area contributed by atoms with Gasteiger partial charge in [-0.15, -0.1) is 0 Å². The molecule has 0 spiro atoms. The molecular formula is C37H43NO3. The summed E-state index contributed by atoms with van der Waals surface area (Å²) in [5.74, 6) is 7.22. The lowest BCUT2D eigenvalue weighted by Gasteiger charge is -2.53. The van der Waals surface area contributed by atoms with Gasteiger partial charge in [-0.1, -0.05) is 63.8 Å². The maximum Gasteiger partial charge on any atom is 0.156 e.